The SMILES string of the molecule is CC(C)(N)CCc1cc2c([nH]1)CCCC2. The molecule has 2 heteroatoms. The van der Waals surface area contributed by atoms with Crippen molar-refractivity contribution in [1.29, 1.82) is 0 Å². The summed E-state index contributed by atoms with van der Waals surface area (Å²) in [5, 5.41) is 0. The van der Waals surface area contributed by atoms with Gasteiger partial charge in [-0.3, -0.25) is 0 Å². The van der Waals surface area contributed by atoms with Crippen LogP contribution in [0.2, 0.25) is 0 Å². The van der Waals surface area contributed by atoms with Gasteiger partial charge in [-0.05, 0) is 64.0 Å². The predicted molar refractivity (Wildman–Crippen MR) is 64.0 cm³/mol. The second-order valence-electron chi connectivity index (χ2n) is 5.49. The molecule has 3 N–H and O–H groups in total. The van der Waals surface area contributed by atoms with Crippen LogP contribution in [-0.4, -0.2) is 10.5 Å². The van der Waals surface area contributed by atoms with Crippen molar-refractivity contribution in [2.75, 3.05) is 0 Å². The maximum atomic E-state index is 5.99. The third kappa shape index (κ3) is 2.85. The molecule has 0 atom stereocenters. The van der Waals surface area contributed by atoms with Crippen LogP contribution in [0.3, 0.4) is 0 Å². The van der Waals surface area contributed by atoms with E-state index in [-0.39, 0.29) is 5.54 Å². The Bertz CT molecular complexity index is 307. The second-order valence-corrected chi connectivity index (χ2v) is 5.49. The van der Waals surface area contributed by atoms with E-state index in [9.17, 15) is 0 Å². The van der Waals surface area contributed by atoms with Crippen molar-refractivity contribution in [3.8, 4) is 0 Å². The van der Waals surface area contributed by atoms with Crippen LogP contribution in [0.1, 0.15) is 50.1 Å². The van der Waals surface area contributed by atoms with Crippen LogP contribution in [0.5, 0.6) is 0 Å². The Morgan fingerprint density at radius 3 is 2.73 bits per heavy atom. The summed E-state index contributed by atoms with van der Waals surface area (Å²) in [4.78, 5) is 3.55. The summed E-state index contributed by atoms with van der Waals surface area (Å²) in [5.41, 5.74) is 10.3. The van der Waals surface area contributed by atoms with Crippen LogP contribution in [-0.2, 0) is 19.3 Å². The fraction of sp³-hybridized carbons (Fsp3) is 0.692. The number of rotatable bonds is 3. The standard InChI is InChI=1S/C13H22N2/c1-13(2,14)8-7-11-9-10-5-3-4-6-12(10)15-11/h9,15H,3-8,14H2,1-2H3. The zero-order valence-electron chi connectivity index (χ0n) is 9.90. The van der Waals surface area contributed by atoms with Crippen molar-refractivity contribution < 1.29 is 0 Å². The second kappa shape index (κ2) is 4.01. The molecular formula is C13H22N2. The summed E-state index contributed by atoms with van der Waals surface area (Å²) >= 11 is 0. The van der Waals surface area contributed by atoms with Crippen LogP contribution in [0.15, 0.2) is 6.07 Å². The van der Waals surface area contributed by atoms with E-state index in [1.165, 1.54) is 37.1 Å². The van der Waals surface area contributed by atoms with Crippen LogP contribution in [0.25, 0.3) is 0 Å². The van der Waals surface area contributed by atoms with E-state index in [1.54, 1.807) is 5.56 Å². The molecule has 2 rings (SSSR count). The van der Waals surface area contributed by atoms with Gasteiger partial charge in [-0.15, -0.1) is 0 Å². The number of nitrogens with two attached hydrogens (primary N) is 1. The lowest BCUT2D eigenvalue weighted by molar-refractivity contribution is 0.474. The largest absolute Gasteiger partial charge is 0.362 e. The summed E-state index contributed by atoms with van der Waals surface area (Å²) in [6.45, 7) is 4.19. The minimum atomic E-state index is -0.0500. The molecule has 1 aliphatic carbocycles. The molecule has 1 aromatic rings. The molecule has 1 aromatic heterocycles. The maximum Gasteiger partial charge on any atom is 0.0181 e. The lowest BCUT2D eigenvalue weighted by Crippen LogP contribution is -2.32. The fourth-order valence-electron chi connectivity index (χ4n) is 2.26. The molecule has 0 radical (unpaired) electrons. The average Bonchev–Trinajstić information content (AvgIpc) is 2.56. The van der Waals surface area contributed by atoms with Crippen molar-refractivity contribution in [2.24, 2.45) is 5.73 Å². The Hall–Kier alpha value is -0.760. The smallest absolute Gasteiger partial charge is 0.0181 e. The first-order valence-electron chi connectivity index (χ1n) is 6.03. The van der Waals surface area contributed by atoms with Crippen molar-refractivity contribution in [3.05, 3.63) is 23.0 Å². The number of aromatic nitrogens is 1. The summed E-state index contributed by atoms with van der Waals surface area (Å²) < 4.78 is 0. The Morgan fingerprint density at radius 2 is 2.07 bits per heavy atom. The number of H-pyrrole nitrogens is 1. The Labute approximate surface area is 92.3 Å². The van der Waals surface area contributed by atoms with Gasteiger partial charge in [-0.25, -0.2) is 0 Å². The van der Waals surface area contributed by atoms with Gasteiger partial charge in [0.15, 0.2) is 0 Å². The van der Waals surface area contributed by atoms with Crippen LogP contribution >= 0.6 is 0 Å². The summed E-state index contributed by atoms with van der Waals surface area (Å²) in [6.07, 6.45) is 7.32. The first-order chi connectivity index (χ1) is 7.04. The number of hydrogen-bond acceptors (Lipinski definition) is 1. The number of nitrogens with one attached hydrogen (secondary N) is 1. The Kier molecular flexibility index (Phi) is 2.87. The zero-order valence-corrected chi connectivity index (χ0v) is 9.90. The molecule has 0 amide bonds. The molecule has 1 aliphatic rings. The lowest BCUT2D eigenvalue weighted by Gasteiger charge is -2.17. The molecule has 84 valence electrons. The highest BCUT2D eigenvalue weighted by Gasteiger charge is 2.15. The highest BCUT2D eigenvalue weighted by atomic mass is 14.7. The van der Waals surface area contributed by atoms with E-state index >= 15 is 0 Å². The first-order valence-corrected chi connectivity index (χ1v) is 6.03. The molecule has 0 saturated carbocycles. The molecule has 0 aliphatic heterocycles. The molecule has 0 aromatic carbocycles. The first kappa shape index (κ1) is 10.7. The highest BCUT2D eigenvalue weighted by Crippen LogP contribution is 2.22. The number of aryl methyl sites for hydroxylation is 3. The molecule has 0 bridgehead atoms. The minimum absolute atomic E-state index is 0.0500. The summed E-state index contributed by atoms with van der Waals surface area (Å²) in [5.74, 6) is 0. The zero-order chi connectivity index (χ0) is 10.9. The minimum Gasteiger partial charge on any atom is -0.362 e. The predicted octanol–water partition coefficient (Wildman–Crippen LogP) is 2.56. The van der Waals surface area contributed by atoms with E-state index < -0.39 is 0 Å². The van der Waals surface area contributed by atoms with E-state index in [1.807, 2.05) is 0 Å². The molecule has 15 heavy (non-hydrogen) atoms. The van der Waals surface area contributed by atoms with Crippen molar-refractivity contribution >= 4 is 0 Å². The number of hydrogen-bond donors (Lipinski definition) is 2. The van der Waals surface area contributed by atoms with Crippen LogP contribution in [0, 0.1) is 0 Å². The number of fused-ring (bicyclic) bond motifs is 1. The van der Waals surface area contributed by atoms with Gasteiger partial charge in [-0.2, -0.15) is 0 Å². The van der Waals surface area contributed by atoms with Crippen molar-refractivity contribution in [1.82, 2.24) is 4.98 Å². The Morgan fingerprint density at radius 1 is 1.33 bits per heavy atom. The molecule has 1 heterocycles. The van der Waals surface area contributed by atoms with Crippen molar-refractivity contribution in [2.45, 2.75) is 57.9 Å². The lowest BCUT2D eigenvalue weighted by atomic mass is 9.97. The van der Waals surface area contributed by atoms with Crippen LogP contribution in [0.4, 0.5) is 0 Å². The van der Waals surface area contributed by atoms with E-state index in [4.69, 9.17) is 5.73 Å². The fourth-order valence-corrected chi connectivity index (χ4v) is 2.26. The molecule has 0 fully saturated rings. The third-order valence-electron chi connectivity index (χ3n) is 3.21. The summed E-state index contributed by atoms with van der Waals surface area (Å²) in [7, 11) is 0. The monoisotopic (exact) mass is 206 g/mol. The van der Waals surface area contributed by atoms with E-state index in [2.05, 4.69) is 24.9 Å². The quantitative estimate of drug-likeness (QED) is 0.784. The van der Waals surface area contributed by atoms with Gasteiger partial charge in [0.2, 0.25) is 0 Å². The Balaban J connectivity index is 2.01. The van der Waals surface area contributed by atoms with Crippen molar-refractivity contribution in [3.63, 3.8) is 0 Å². The van der Waals surface area contributed by atoms with E-state index in [0.29, 0.717) is 0 Å². The normalized spacial score (nSPS) is 16.5. The van der Waals surface area contributed by atoms with Gasteiger partial charge in [0, 0.05) is 16.9 Å². The van der Waals surface area contributed by atoms with Gasteiger partial charge in [-0.1, -0.05) is 0 Å². The van der Waals surface area contributed by atoms with E-state index in [0.717, 1.165) is 12.8 Å². The molecule has 0 saturated heterocycles. The molecular weight excluding hydrogens is 184 g/mol. The van der Waals surface area contributed by atoms with Gasteiger partial charge < -0.3 is 10.7 Å². The number of aromatic amines is 1. The van der Waals surface area contributed by atoms with Gasteiger partial charge in [0.25, 0.3) is 0 Å². The van der Waals surface area contributed by atoms with Gasteiger partial charge >= 0.3 is 0 Å². The molecule has 2 nitrogen and oxygen atoms in total. The summed E-state index contributed by atoms with van der Waals surface area (Å²) in [6, 6.07) is 2.35. The molecule has 0 spiro atoms. The van der Waals surface area contributed by atoms with Crippen LogP contribution < -0.4 is 5.73 Å². The molecule has 0 unspecified atom stereocenters. The van der Waals surface area contributed by atoms with Gasteiger partial charge in [0.05, 0.1) is 0 Å². The van der Waals surface area contributed by atoms with Gasteiger partial charge in [0.1, 0.15) is 0 Å². The topological polar surface area (TPSA) is 41.8 Å². The average molecular weight is 206 g/mol. The third-order valence-corrected chi connectivity index (χ3v) is 3.21. The highest BCUT2D eigenvalue weighted by molar-refractivity contribution is 5.28. The maximum absolute atomic E-state index is 5.99.